The minimum Gasteiger partial charge on any atom is -0.445 e. The van der Waals surface area contributed by atoms with Crippen molar-refractivity contribution in [3.8, 4) is 0 Å². The average Bonchev–Trinajstić information content (AvgIpc) is 2.50. The number of carbonyl (C=O) groups is 3. The van der Waals surface area contributed by atoms with E-state index < -0.39 is 23.9 Å². The fourth-order valence-electron chi connectivity index (χ4n) is 1.62. The van der Waals surface area contributed by atoms with Crippen LogP contribution in [-0.2, 0) is 20.9 Å². The molecule has 0 fully saturated rings. The van der Waals surface area contributed by atoms with E-state index in [1.54, 1.807) is 0 Å². The first-order valence-corrected chi connectivity index (χ1v) is 7.54. The standard InChI is InChI=1S/C15H18BrN3O4/c1-10(16)7-12(14(17)21)19-13(20)8-18-15(22)23-9-11-5-3-2-4-6-11/h2-6,12H,1,7-9H2,(H2,17,21)(H,18,22)(H,19,20)/t12-/m1/s1. The molecule has 0 heterocycles. The van der Waals surface area contributed by atoms with E-state index in [0.29, 0.717) is 4.48 Å². The average molecular weight is 384 g/mol. The summed E-state index contributed by atoms with van der Waals surface area (Å²) in [5, 5.41) is 4.69. The summed E-state index contributed by atoms with van der Waals surface area (Å²) in [5.74, 6) is -1.25. The topological polar surface area (TPSA) is 111 Å². The summed E-state index contributed by atoms with van der Waals surface area (Å²) in [4.78, 5) is 34.4. The molecule has 0 bridgehead atoms. The summed E-state index contributed by atoms with van der Waals surface area (Å²) in [6.45, 7) is 3.35. The van der Waals surface area contributed by atoms with Gasteiger partial charge in [-0.15, -0.1) is 0 Å². The zero-order valence-electron chi connectivity index (χ0n) is 12.4. The van der Waals surface area contributed by atoms with Crippen LogP contribution in [0.4, 0.5) is 4.79 Å². The first kappa shape index (κ1) is 18.7. The third-order valence-corrected chi connectivity index (χ3v) is 3.03. The summed E-state index contributed by atoms with van der Waals surface area (Å²) in [6.07, 6.45) is -0.566. The van der Waals surface area contributed by atoms with E-state index in [9.17, 15) is 14.4 Å². The summed E-state index contributed by atoms with van der Waals surface area (Å²) < 4.78 is 5.48. The predicted octanol–water partition coefficient (Wildman–Crippen LogP) is 1.18. The molecule has 0 radical (unpaired) electrons. The number of benzene rings is 1. The maximum Gasteiger partial charge on any atom is 0.407 e. The summed E-state index contributed by atoms with van der Waals surface area (Å²) in [5.41, 5.74) is 6.00. The largest absolute Gasteiger partial charge is 0.445 e. The Balaban J connectivity index is 2.32. The van der Waals surface area contributed by atoms with Crippen LogP contribution in [0.5, 0.6) is 0 Å². The molecule has 3 amide bonds. The quantitative estimate of drug-likeness (QED) is 0.625. The van der Waals surface area contributed by atoms with Crippen molar-refractivity contribution in [1.82, 2.24) is 10.6 Å². The summed E-state index contributed by atoms with van der Waals surface area (Å²) >= 11 is 3.09. The fourth-order valence-corrected chi connectivity index (χ4v) is 1.94. The molecular weight excluding hydrogens is 366 g/mol. The molecule has 7 nitrogen and oxygen atoms in total. The Kier molecular flexibility index (Phi) is 7.82. The van der Waals surface area contributed by atoms with Crippen LogP contribution >= 0.6 is 15.9 Å². The first-order chi connectivity index (χ1) is 10.9. The van der Waals surface area contributed by atoms with Gasteiger partial charge in [0.15, 0.2) is 0 Å². The van der Waals surface area contributed by atoms with E-state index in [1.807, 2.05) is 30.3 Å². The van der Waals surface area contributed by atoms with Crippen LogP contribution in [0.1, 0.15) is 12.0 Å². The second kappa shape index (κ2) is 9.62. The number of rotatable bonds is 8. The molecule has 0 aliphatic carbocycles. The molecular formula is C15H18BrN3O4. The number of hydrogen-bond donors (Lipinski definition) is 3. The third kappa shape index (κ3) is 8.01. The Morgan fingerprint density at radius 2 is 1.91 bits per heavy atom. The molecule has 1 aromatic carbocycles. The van der Waals surface area contributed by atoms with Crippen molar-refractivity contribution in [3.05, 3.63) is 47.0 Å². The molecule has 0 spiro atoms. The highest BCUT2D eigenvalue weighted by molar-refractivity contribution is 9.11. The molecule has 0 aromatic heterocycles. The highest BCUT2D eigenvalue weighted by Gasteiger charge is 2.18. The van der Waals surface area contributed by atoms with Gasteiger partial charge in [-0.05, 0) is 10.0 Å². The number of ether oxygens (including phenoxy) is 1. The van der Waals surface area contributed by atoms with Gasteiger partial charge < -0.3 is 21.1 Å². The molecule has 1 aromatic rings. The number of carbonyl (C=O) groups excluding carboxylic acids is 3. The monoisotopic (exact) mass is 383 g/mol. The number of halogens is 1. The fraction of sp³-hybridized carbons (Fsp3) is 0.267. The SMILES string of the molecule is C=C(Br)C[C@@H](NC(=O)CNC(=O)OCc1ccccc1)C(N)=O. The van der Waals surface area contributed by atoms with Crippen LogP contribution < -0.4 is 16.4 Å². The van der Waals surface area contributed by atoms with E-state index in [2.05, 4.69) is 33.1 Å². The van der Waals surface area contributed by atoms with Gasteiger partial charge in [-0.2, -0.15) is 0 Å². The van der Waals surface area contributed by atoms with Crippen molar-refractivity contribution in [2.24, 2.45) is 5.73 Å². The molecule has 0 aliphatic heterocycles. The highest BCUT2D eigenvalue weighted by Crippen LogP contribution is 2.09. The van der Waals surface area contributed by atoms with E-state index >= 15 is 0 Å². The molecule has 0 saturated heterocycles. The molecule has 0 saturated carbocycles. The minimum atomic E-state index is -0.892. The van der Waals surface area contributed by atoms with E-state index in [4.69, 9.17) is 10.5 Å². The Bertz CT molecular complexity index is 577. The minimum absolute atomic E-state index is 0.0988. The second-order valence-corrected chi connectivity index (χ2v) is 5.78. The Morgan fingerprint density at radius 1 is 1.26 bits per heavy atom. The van der Waals surface area contributed by atoms with E-state index in [0.717, 1.165) is 5.56 Å². The van der Waals surface area contributed by atoms with Gasteiger partial charge in [-0.3, -0.25) is 9.59 Å². The van der Waals surface area contributed by atoms with Crippen molar-refractivity contribution >= 4 is 33.8 Å². The number of alkyl carbamates (subject to hydrolysis) is 1. The van der Waals surface area contributed by atoms with Crippen molar-refractivity contribution < 1.29 is 19.1 Å². The molecule has 1 rings (SSSR count). The maximum atomic E-state index is 11.7. The van der Waals surface area contributed by atoms with Crippen molar-refractivity contribution in [2.75, 3.05) is 6.54 Å². The molecule has 1 atom stereocenters. The predicted molar refractivity (Wildman–Crippen MR) is 88.4 cm³/mol. The van der Waals surface area contributed by atoms with Gasteiger partial charge >= 0.3 is 6.09 Å². The summed E-state index contributed by atoms with van der Waals surface area (Å²) in [6, 6.07) is 8.23. The lowest BCUT2D eigenvalue weighted by Gasteiger charge is -2.15. The lowest BCUT2D eigenvalue weighted by Crippen LogP contribution is -2.47. The molecule has 124 valence electrons. The van der Waals surface area contributed by atoms with E-state index in [-0.39, 0.29) is 19.6 Å². The molecule has 0 aliphatic rings. The lowest BCUT2D eigenvalue weighted by atomic mass is 10.2. The molecule has 23 heavy (non-hydrogen) atoms. The van der Waals surface area contributed by atoms with Gasteiger partial charge in [-0.1, -0.05) is 52.8 Å². The van der Waals surface area contributed by atoms with Crippen LogP contribution in [0.3, 0.4) is 0 Å². The number of amides is 3. The zero-order chi connectivity index (χ0) is 17.2. The van der Waals surface area contributed by atoms with Crippen molar-refractivity contribution in [2.45, 2.75) is 19.1 Å². The Morgan fingerprint density at radius 3 is 2.48 bits per heavy atom. The zero-order valence-corrected chi connectivity index (χ0v) is 14.0. The van der Waals surface area contributed by atoms with Gasteiger partial charge in [0.1, 0.15) is 19.2 Å². The normalized spacial score (nSPS) is 11.2. The Labute approximate surface area is 142 Å². The first-order valence-electron chi connectivity index (χ1n) is 6.75. The van der Waals surface area contributed by atoms with Crippen LogP contribution in [0.25, 0.3) is 0 Å². The lowest BCUT2D eigenvalue weighted by molar-refractivity contribution is -0.126. The van der Waals surface area contributed by atoms with Crippen molar-refractivity contribution in [1.29, 1.82) is 0 Å². The van der Waals surface area contributed by atoms with Gasteiger partial charge in [0.25, 0.3) is 0 Å². The number of nitrogens with two attached hydrogens (primary N) is 1. The number of primary amides is 1. The second-order valence-electron chi connectivity index (χ2n) is 4.66. The number of nitrogens with one attached hydrogen (secondary N) is 2. The molecule has 0 unspecified atom stereocenters. The van der Waals surface area contributed by atoms with Crippen LogP contribution in [0.15, 0.2) is 41.4 Å². The Hall–Kier alpha value is -2.35. The van der Waals surface area contributed by atoms with Crippen LogP contribution in [0.2, 0.25) is 0 Å². The van der Waals surface area contributed by atoms with Gasteiger partial charge in [0.2, 0.25) is 11.8 Å². The van der Waals surface area contributed by atoms with Gasteiger partial charge in [-0.25, -0.2) is 4.79 Å². The third-order valence-electron chi connectivity index (χ3n) is 2.71. The summed E-state index contributed by atoms with van der Waals surface area (Å²) in [7, 11) is 0. The molecule has 8 heteroatoms. The molecule has 4 N–H and O–H groups in total. The number of hydrogen-bond acceptors (Lipinski definition) is 4. The van der Waals surface area contributed by atoms with Crippen LogP contribution in [0, 0.1) is 0 Å². The van der Waals surface area contributed by atoms with Crippen molar-refractivity contribution in [3.63, 3.8) is 0 Å². The van der Waals surface area contributed by atoms with Gasteiger partial charge in [0.05, 0.1) is 0 Å². The highest BCUT2D eigenvalue weighted by atomic mass is 79.9. The van der Waals surface area contributed by atoms with Crippen LogP contribution in [-0.4, -0.2) is 30.5 Å². The van der Waals surface area contributed by atoms with Gasteiger partial charge in [0, 0.05) is 6.42 Å². The van der Waals surface area contributed by atoms with E-state index in [1.165, 1.54) is 0 Å². The smallest absolute Gasteiger partial charge is 0.407 e. The maximum absolute atomic E-state index is 11.7.